The molecule has 4 N–H and O–H groups in total. The maximum atomic E-state index is 13.4. The van der Waals surface area contributed by atoms with Gasteiger partial charge in [-0.1, -0.05) is 17.7 Å². The van der Waals surface area contributed by atoms with Crippen molar-refractivity contribution in [2.45, 2.75) is 43.7 Å². The lowest BCUT2D eigenvalue weighted by atomic mass is 9.88. The van der Waals surface area contributed by atoms with Crippen molar-refractivity contribution in [3.8, 4) is 5.75 Å². The van der Waals surface area contributed by atoms with Crippen molar-refractivity contribution in [1.82, 2.24) is 24.1 Å². The van der Waals surface area contributed by atoms with Crippen LogP contribution in [0.5, 0.6) is 5.75 Å². The molecule has 37 heavy (non-hydrogen) atoms. The van der Waals surface area contributed by atoms with E-state index in [1.54, 1.807) is 34.5 Å². The summed E-state index contributed by atoms with van der Waals surface area (Å²) in [5, 5.41) is 13.7. The second kappa shape index (κ2) is 9.20. The van der Waals surface area contributed by atoms with Gasteiger partial charge in [0.15, 0.2) is 17.2 Å². The molecule has 2 aliphatic carbocycles. The number of rotatable bonds is 7. The Hall–Kier alpha value is -3.89. The highest BCUT2D eigenvalue weighted by atomic mass is 35.5. The molecule has 2 atom stereocenters. The van der Waals surface area contributed by atoms with Gasteiger partial charge < -0.3 is 30.0 Å². The maximum absolute atomic E-state index is 13.4. The molecule has 4 aromatic heterocycles. The number of imidazole rings is 1. The van der Waals surface area contributed by atoms with Crippen LogP contribution in [0.25, 0.3) is 16.9 Å². The lowest BCUT2D eigenvalue weighted by Gasteiger charge is -2.34. The Balaban J connectivity index is 1.35. The van der Waals surface area contributed by atoms with Crippen molar-refractivity contribution in [2.24, 2.45) is 12.8 Å². The predicted octanol–water partition coefficient (Wildman–Crippen LogP) is 3.83. The van der Waals surface area contributed by atoms with Gasteiger partial charge in [-0.25, -0.2) is 4.98 Å². The first kappa shape index (κ1) is 23.5. The number of halogens is 1. The topological polar surface area (TPSA) is 133 Å². The molecule has 4 aromatic rings. The number of aliphatic hydroxyl groups excluding tert-OH is 1. The zero-order valence-corrected chi connectivity index (χ0v) is 20.9. The highest BCUT2D eigenvalue weighted by Gasteiger charge is 2.33. The lowest BCUT2D eigenvalue weighted by Crippen LogP contribution is -2.39. The third-order valence-electron chi connectivity index (χ3n) is 7.01. The van der Waals surface area contributed by atoms with Crippen LogP contribution in [0.2, 0.25) is 5.02 Å². The Bertz CT molecular complexity index is 1580. The van der Waals surface area contributed by atoms with Gasteiger partial charge in [0.2, 0.25) is 5.95 Å². The van der Waals surface area contributed by atoms with Crippen LogP contribution in [0, 0.1) is 0 Å². The largest absolute Gasteiger partial charge is 0.450 e. The zero-order valence-electron chi connectivity index (χ0n) is 20.1. The van der Waals surface area contributed by atoms with Gasteiger partial charge in [0.1, 0.15) is 21.9 Å². The van der Waals surface area contributed by atoms with E-state index in [2.05, 4.69) is 20.3 Å². The molecule has 0 radical (unpaired) electrons. The molecule has 190 valence electrons. The fourth-order valence-electron chi connectivity index (χ4n) is 4.60. The molecule has 0 unspecified atom stereocenters. The van der Waals surface area contributed by atoms with Crippen molar-refractivity contribution >= 4 is 40.2 Å². The number of nitrogens with one attached hydrogen (secondary N) is 1. The molecular formula is C26H26ClN7O3. The maximum Gasteiger partial charge on any atom is 0.274 e. The molecule has 0 bridgehead atoms. The van der Waals surface area contributed by atoms with Crippen LogP contribution in [-0.4, -0.2) is 35.3 Å². The summed E-state index contributed by atoms with van der Waals surface area (Å²) in [4.78, 5) is 26.6. The molecule has 4 heterocycles. The van der Waals surface area contributed by atoms with E-state index in [1.807, 2.05) is 18.3 Å². The standard InChI is InChI=1S/C26H26ClN7O3/c1-33-23-22(27)21(37-20(11-28)16-4-2-3-9-29-16)12-30-24(23)32-26(33)31-17-10-15(14-5-6-14)13-34(25(17)36)18-7-8-19(18)35/h2-4,9-14,18-19,35H,5-8,28H2,1H3,(H,30,31,32)/t18-,19+/m1/s1. The number of aliphatic hydroxyl groups is 1. The summed E-state index contributed by atoms with van der Waals surface area (Å²) in [5.74, 6) is 1.47. The number of pyridine rings is 3. The monoisotopic (exact) mass is 519 g/mol. The van der Waals surface area contributed by atoms with Gasteiger partial charge in [-0.15, -0.1) is 0 Å². The van der Waals surface area contributed by atoms with Crippen LogP contribution in [0.15, 0.2) is 53.9 Å². The first-order valence-electron chi connectivity index (χ1n) is 12.2. The van der Waals surface area contributed by atoms with Crippen molar-refractivity contribution in [3.05, 3.63) is 75.7 Å². The molecule has 2 aliphatic rings. The summed E-state index contributed by atoms with van der Waals surface area (Å²) < 4.78 is 9.35. The lowest BCUT2D eigenvalue weighted by molar-refractivity contribution is 0.0299. The fourth-order valence-corrected chi connectivity index (χ4v) is 4.90. The van der Waals surface area contributed by atoms with E-state index in [4.69, 9.17) is 22.1 Å². The van der Waals surface area contributed by atoms with Crippen molar-refractivity contribution in [3.63, 3.8) is 0 Å². The number of nitrogens with two attached hydrogens (primary N) is 1. The number of hydrogen-bond donors (Lipinski definition) is 3. The van der Waals surface area contributed by atoms with Gasteiger partial charge in [0.25, 0.3) is 5.56 Å². The second-order valence-corrected chi connectivity index (χ2v) is 9.84. The first-order chi connectivity index (χ1) is 17.9. The summed E-state index contributed by atoms with van der Waals surface area (Å²) in [5.41, 5.74) is 8.55. The van der Waals surface area contributed by atoms with E-state index in [0.29, 0.717) is 57.4 Å². The molecule has 2 saturated carbocycles. The number of anilines is 2. The Morgan fingerprint density at radius 2 is 2.11 bits per heavy atom. The second-order valence-electron chi connectivity index (χ2n) is 9.46. The van der Waals surface area contributed by atoms with Gasteiger partial charge in [-0.2, -0.15) is 4.98 Å². The van der Waals surface area contributed by atoms with Crippen LogP contribution in [0.4, 0.5) is 11.6 Å². The van der Waals surface area contributed by atoms with Gasteiger partial charge in [0, 0.05) is 25.6 Å². The summed E-state index contributed by atoms with van der Waals surface area (Å²) >= 11 is 6.73. The summed E-state index contributed by atoms with van der Waals surface area (Å²) in [6.07, 6.45) is 9.50. The SMILES string of the molecule is Cn1c(Nc2cc(C3CC3)cn([C@@H]3CC[C@@H]3O)c2=O)nc2ncc(OC(=CN)c3ccccn3)c(Cl)c21. The number of aromatic nitrogens is 5. The van der Waals surface area contributed by atoms with Crippen LogP contribution in [-0.2, 0) is 7.05 Å². The Morgan fingerprint density at radius 1 is 1.27 bits per heavy atom. The smallest absolute Gasteiger partial charge is 0.274 e. The molecule has 0 aromatic carbocycles. The van der Waals surface area contributed by atoms with Crippen LogP contribution >= 0.6 is 11.6 Å². The Kier molecular flexibility index (Phi) is 5.85. The van der Waals surface area contributed by atoms with Crippen molar-refractivity contribution in [1.29, 1.82) is 0 Å². The molecule has 0 aliphatic heterocycles. The Labute approximate surface area is 217 Å². The van der Waals surface area contributed by atoms with Crippen LogP contribution < -0.4 is 21.3 Å². The highest BCUT2D eigenvalue weighted by molar-refractivity contribution is 6.36. The first-order valence-corrected chi connectivity index (χ1v) is 12.6. The van der Waals surface area contributed by atoms with Gasteiger partial charge in [-0.05, 0) is 55.4 Å². The van der Waals surface area contributed by atoms with Crippen LogP contribution in [0.1, 0.15) is 48.9 Å². The Morgan fingerprint density at radius 3 is 2.76 bits per heavy atom. The minimum absolute atomic E-state index is 0.198. The van der Waals surface area contributed by atoms with Crippen LogP contribution in [0.3, 0.4) is 0 Å². The van der Waals surface area contributed by atoms with Gasteiger partial charge in [0.05, 0.1) is 18.3 Å². The number of hydrogen-bond acceptors (Lipinski definition) is 8. The molecule has 0 spiro atoms. The molecule has 11 heteroatoms. The number of aryl methyl sites for hydroxylation is 1. The quantitative estimate of drug-likeness (QED) is 0.314. The van der Waals surface area contributed by atoms with E-state index in [1.165, 1.54) is 12.4 Å². The summed E-state index contributed by atoms with van der Waals surface area (Å²) in [6, 6.07) is 7.08. The molecule has 0 saturated heterocycles. The fraction of sp³-hybridized carbons (Fsp3) is 0.308. The third-order valence-corrected chi connectivity index (χ3v) is 7.38. The van der Waals surface area contributed by atoms with E-state index < -0.39 is 6.10 Å². The van der Waals surface area contributed by atoms with E-state index in [-0.39, 0.29) is 11.6 Å². The minimum Gasteiger partial charge on any atom is -0.450 e. The molecule has 0 amide bonds. The van der Waals surface area contributed by atoms with Gasteiger partial charge in [-0.3, -0.25) is 9.78 Å². The number of ether oxygens (including phenoxy) is 1. The predicted molar refractivity (Wildman–Crippen MR) is 141 cm³/mol. The molecule has 6 rings (SSSR count). The summed E-state index contributed by atoms with van der Waals surface area (Å²) in [6.45, 7) is 0. The third kappa shape index (κ3) is 4.21. The normalized spacial score (nSPS) is 19.6. The van der Waals surface area contributed by atoms with Crippen molar-refractivity contribution in [2.75, 3.05) is 5.32 Å². The summed E-state index contributed by atoms with van der Waals surface area (Å²) in [7, 11) is 1.78. The van der Waals surface area contributed by atoms with Gasteiger partial charge >= 0.3 is 0 Å². The number of fused-ring (bicyclic) bond motifs is 1. The van der Waals surface area contributed by atoms with Crippen molar-refractivity contribution < 1.29 is 9.84 Å². The molecule has 10 nitrogen and oxygen atoms in total. The molecular weight excluding hydrogens is 494 g/mol. The highest BCUT2D eigenvalue weighted by Crippen LogP contribution is 2.42. The van der Waals surface area contributed by atoms with E-state index in [0.717, 1.165) is 24.8 Å². The average molecular weight is 520 g/mol. The number of nitrogens with zero attached hydrogens (tertiary/aromatic N) is 5. The minimum atomic E-state index is -0.504. The average Bonchev–Trinajstić information content (AvgIpc) is 3.70. The zero-order chi connectivity index (χ0) is 25.7. The van der Waals surface area contributed by atoms with E-state index in [9.17, 15) is 9.90 Å². The van der Waals surface area contributed by atoms with E-state index >= 15 is 0 Å². The molecule has 2 fully saturated rings.